The zero-order valence-corrected chi connectivity index (χ0v) is 17.8. The first-order valence-electron chi connectivity index (χ1n) is 9.60. The zero-order chi connectivity index (χ0) is 20.4. The molecule has 0 aliphatic heterocycles. The van der Waals surface area contributed by atoms with E-state index in [0.29, 0.717) is 16.0 Å². The van der Waals surface area contributed by atoms with E-state index in [0.717, 1.165) is 53.2 Å². The molecule has 0 saturated carbocycles. The van der Waals surface area contributed by atoms with Gasteiger partial charge in [0.15, 0.2) is 5.65 Å². The third-order valence-corrected chi connectivity index (χ3v) is 5.30. The predicted molar refractivity (Wildman–Crippen MR) is 120 cm³/mol. The van der Waals surface area contributed by atoms with E-state index in [9.17, 15) is 0 Å². The molecule has 0 amide bonds. The predicted octanol–water partition coefficient (Wildman–Crippen LogP) is 6.29. The lowest BCUT2D eigenvalue weighted by molar-refractivity contribution is 0.807. The van der Waals surface area contributed by atoms with Crippen molar-refractivity contribution in [1.82, 2.24) is 19.6 Å². The smallest absolute Gasteiger partial charge is 0.226 e. The number of nitrogens with one attached hydrogen (secondary N) is 1. The second-order valence-electron chi connectivity index (χ2n) is 6.82. The Hall–Kier alpha value is -2.63. The van der Waals surface area contributed by atoms with Gasteiger partial charge in [0.1, 0.15) is 11.5 Å². The Balaban J connectivity index is 1.97. The van der Waals surface area contributed by atoms with Crippen LogP contribution in [0.5, 0.6) is 0 Å². The number of unbranched alkanes of at least 4 members (excludes halogenated alkanes) is 1. The highest BCUT2D eigenvalue weighted by Crippen LogP contribution is 2.38. The molecule has 2 heterocycles. The molecule has 2 aromatic heterocycles. The lowest BCUT2D eigenvalue weighted by atomic mass is 10.0. The molecule has 0 unspecified atom stereocenters. The Morgan fingerprint density at radius 1 is 1.00 bits per heavy atom. The number of hydrogen-bond acceptors (Lipinski definition) is 4. The number of halogens is 2. The highest BCUT2D eigenvalue weighted by Gasteiger charge is 2.21. The normalized spacial score (nSPS) is 11.2. The minimum Gasteiger partial charge on any atom is -0.354 e. The number of aromatic nitrogens is 4. The van der Waals surface area contributed by atoms with Crippen LogP contribution in [-0.2, 0) is 0 Å². The van der Waals surface area contributed by atoms with Gasteiger partial charge in [-0.05, 0) is 37.1 Å². The Labute approximate surface area is 179 Å². The Morgan fingerprint density at radius 2 is 1.76 bits per heavy atom. The van der Waals surface area contributed by atoms with Gasteiger partial charge >= 0.3 is 0 Å². The van der Waals surface area contributed by atoms with Crippen molar-refractivity contribution >= 4 is 34.8 Å². The molecule has 0 spiro atoms. The summed E-state index contributed by atoms with van der Waals surface area (Å²) in [5.74, 6) is 1.35. The second kappa shape index (κ2) is 8.39. The van der Waals surface area contributed by atoms with E-state index in [1.807, 2.05) is 55.5 Å². The van der Waals surface area contributed by atoms with E-state index >= 15 is 0 Å². The quantitative estimate of drug-likeness (QED) is 0.369. The summed E-state index contributed by atoms with van der Waals surface area (Å²) in [6.07, 6.45) is 2.16. The molecule has 0 saturated heterocycles. The van der Waals surface area contributed by atoms with Crippen molar-refractivity contribution in [3.8, 4) is 22.4 Å². The van der Waals surface area contributed by atoms with Crippen LogP contribution >= 0.6 is 23.2 Å². The fourth-order valence-electron chi connectivity index (χ4n) is 3.24. The van der Waals surface area contributed by atoms with Crippen LogP contribution in [0.15, 0.2) is 48.5 Å². The summed E-state index contributed by atoms with van der Waals surface area (Å²) in [6, 6.07) is 15.4. The van der Waals surface area contributed by atoms with E-state index in [-0.39, 0.29) is 0 Å². The third-order valence-electron chi connectivity index (χ3n) is 4.72. The summed E-state index contributed by atoms with van der Waals surface area (Å²) in [4.78, 5) is 9.36. The van der Waals surface area contributed by atoms with Crippen molar-refractivity contribution in [2.45, 2.75) is 26.7 Å². The van der Waals surface area contributed by atoms with Gasteiger partial charge < -0.3 is 5.32 Å². The number of anilines is 1. The summed E-state index contributed by atoms with van der Waals surface area (Å²) in [5.41, 5.74) is 4.22. The van der Waals surface area contributed by atoms with Gasteiger partial charge in [-0.25, -0.2) is 0 Å². The van der Waals surface area contributed by atoms with Crippen LogP contribution in [0.4, 0.5) is 5.95 Å². The topological polar surface area (TPSA) is 55.1 Å². The van der Waals surface area contributed by atoms with Crippen LogP contribution < -0.4 is 5.32 Å². The average molecular weight is 426 g/mol. The molecule has 0 atom stereocenters. The Bertz CT molecular complexity index is 1150. The monoisotopic (exact) mass is 425 g/mol. The number of fused-ring (bicyclic) bond motifs is 1. The molecule has 148 valence electrons. The number of nitrogens with zero attached hydrogens (tertiary/aromatic N) is 4. The molecule has 0 aliphatic rings. The summed E-state index contributed by atoms with van der Waals surface area (Å²) in [6.45, 7) is 4.91. The first kappa shape index (κ1) is 19.7. The van der Waals surface area contributed by atoms with Gasteiger partial charge in [-0.2, -0.15) is 19.6 Å². The van der Waals surface area contributed by atoms with Gasteiger partial charge in [0.2, 0.25) is 5.95 Å². The SMILES string of the molecule is CCCCNc1nc(C)n2nc(-c3ccccc3Cl)c(-c3ccc(Cl)cc3)c2n1. The molecule has 0 bridgehead atoms. The van der Waals surface area contributed by atoms with Gasteiger partial charge in [-0.15, -0.1) is 0 Å². The zero-order valence-electron chi connectivity index (χ0n) is 16.3. The maximum Gasteiger partial charge on any atom is 0.226 e. The molecular weight excluding hydrogens is 405 g/mol. The maximum absolute atomic E-state index is 6.51. The summed E-state index contributed by atoms with van der Waals surface area (Å²) < 4.78 is 1.77. The Morgan fingerprint density at radius 3 is 2.48 bits per heavy atom. The molecule has 4 rings (SSSR count). The van der Waals surface area contributed by atoms with E-state index < -0.39 is 0 Å². The van der Waals surface area contributed by atoms with Crippen LogP contribution in [0.1, 0.15) is 25.6 Å². The number of aryl methyl sites for hydroxylation is 1. The van der Waals surface area contributed by atoms with Crippen molar-refractivity contribution in [1.29, 1.82) is 0 Å². The molecule has 1 N–H and O–H groups in total. The van der Waals surface area contributed by atoms with Crippen molar-refractivity contribution in [2.75, 3.05) is 11.9 Å². The van der Waals surface area contributed by atoms with Crippen LogP contribution in [-0.4, -0.2) is 26.1 Å². The van der Waals surface area contributed by atoms with E-state index in [1.54, 1.807) is 4.52 Å². The molecule has 29 heavy (non-hydrogen) atoms. The number of hydrogen-bond donors (Lipinski definition) is 1. The first-order chi connectivity index (χ1) is 14.1. The van der Waals surface area contributed by atoms with E-state index in [2.05, 4.69) is 17.2 Å². The maximum atomic E-state index is 6.51. The lowest BCUT2D eigenvalue weighted by Gasteiger charge is -2.07. The van der Waals surface area contributed by atoms with Gasteiger partial charge in [0.05, 0.1) is 10.6 Å². The molecule has 7 heteroatoms. The second-order valence-corrected chi connectivity index (χ2v) is 7.66. The van der Waals surface area contributed by atoms with Crippen LogP contribution in [0.2, 0.25) is 10.0 Å². The van der Waals surface area contributed by atoms with E-state index in [1.165, 1.54) is 0 Å². The highest BCUT2D eigenvalue weighted by atomic mass is 35.5. The van der Waals surface area contributed by atoms with Crippen LogP contribution in [0.25, 0.3) is 28.0 Å². The van der Waals surface area contributed by atoms with Crippen molar-refractivity contribution in [2.24, 2.45) is 0 Å². The Kier molecular flexibility index (Phi) is 5.69. The number of rotatable bonds is 6. The van der Waals surface area contributed by atoms with Gasteiger partial charge in [0, 0.05) is 17.1 Å². The summed E-state index contributed by atoms with van der Waals surface area (Å²) in [5, 5.41) is 9.46. The molecule has 5 nitrogen and oxygen atoms in total. The largest absolute Gasteiger partial charge is 0.354 e. The van der Waals surface area contributed by atoms with Gasteiger partial charge in [0.25, 0.3) is 0 Å². The third kappa shape index (κ3) is 3.93. The molecule has 4 aromatic rings. The molecule has 0 fully saturated rings. The molecule has 0 aliphatic carbocycles. The minimum atomic E-state index is 0.601. The molecule has 2 aromatic carbocycles. The van der Waals surface area contributed by atoms with Crippen molar-refractivity contribution in [3.63, 3.8) is 0 Å². The molecular formula is C22H21Cl2N5. The van der Waals surface area contributed by atoms with Crippen molar-refractivity contribution < 1.29 is 0 Å². The van der Waals surface area contributed by atoms with Crippen molar-refractivity contribution in [3.05, 3.63) is 64.4 Å². The standard InChI is InChI=1S/C22H21Cl2N5/c1-3-4-13-25-22-26-14(2)29-21(27-22)19(15-9-11-16(23)12-10-15)20(28-29)17-7-5-6-8-18(17)24/h5-12H,3-4,13H2,1-2H3,(H,25,27). The minimum absolute atomic E-state index is 0.601. The number of benzene rings is 2. The van der Waals surface area contributed by atoms with Gasteiger partial charge in [-0.1, -0.05) is 66.9 Å². The van der Waals surface area contributed by atoms with E-state index in [4.69, 9.17) is 33.3 Å². The summed E-state index contributed by atoms with van der Waals surface area (Å²) >= 11 is 12.6. The van der Waals surface area contributed by atoms with Crippen LogP contribution in [0.3, 0.4) is 0 Å². The fourth-order valence-corrected chi connectivity index (χ4v) is 3.60. The lowest BCUT2D eigenvalue weighted by Crippen LogP contribution is -2.09. The average Bonchev–Trinajstić information content (AvgIpc) is 3.09. The van der Waals surface area contributed by atoms with Gasteiger partial charge in [-0.3, -0.25) is 0 Å². The fraction of sp³-hybridized carbons (Fsp3) is 0.227. The highest BCUT2D eigenvalue weighted by molar-refractivity contribution is 6.33. The molecule has 0 radical (unpaired) electrons. The summed E-state index contributed by atoms with van der Waals surface area (Å²) in [7, 11) is 0. The first-order valence-corrected chi connectivity index (χ1v) is 10.4. The van der Waals surface area contributed by atoms with Crippen LogP contribution in [0, 0.1) is 6.92 Å².